The number of rotatable bonds is 2. The van der Waals surface area contributed by atoms with Crippen LogP contribution in [-0.4, -0.2) is 27.9 Å². The van der Waals surface area contributed by atoms with E-state index in [1.54, 1.807) is 38.4 Å². The van der Waals surface area contributed by atoms with Crippen LogP contribution in [0.3, 0.4) is 0 Å². The van der Waals surface area contributed by atoms with Gasteiger partial charge in [0.2, 0.25) is 0 Å². The summed E-state index contributed by atoms with van der Waals surface area (Å²) in [6.07, 6.45) is 1.56. The van der Waals surface area contributed by atoms with E-state index in [1.807, 2.05) is 0 Å². The molecule has 92 valence electrons. The quantitative estimate of drug-likeness (QED) is 0.839. The average Bonchev–Trinajstić information content (AvgIpc) is 2.37. The van der Waals surface area contributed by atoms with Crippen LogP contribution >= 0.6 is 11.6 Å². The number of amides is 1. The lowest BCUT2D eigenvalue weighted by Crippen LogP contribution is -2.19. The smallest absolute Gasteiger partial charge is 0.269 e. The predicted octanol–water partition coefficient (Wildman–Crippen LogP) is 1.86. The first-order valence-electron chi connectivity index (χ1n) is 5.30. The molecule has 2 rings (SSSR count). The minimum atomic E-state index is -0.242. The molecule has 6 heteroatoms. The third kappa shape index (κ3) is 2.62. The molecule has 0 bridgehead atoms. The zero-order valence-corrected chi connectivity index (χ0v) is 10.7. The molecule has 0 aliphatic heterocycles. The number of carbonyl (C=O) groups excluding carboxylic acids is 1. The van der Waals surface area contributed by atoms with Crippen molar-refractivity contribution in [2.45, 2.75) is 6.92 Å². The van der Waals surface area contributed by atoms with Crippen LogP contribution < -0.4 is 5.32 Å². The van der Waals surface area contributed by atoms with Crippen LogP contribution in [0.5, 0.6) is 0 Å². The van der Waals surface area contributed by atoms with Gasteiger partial charge in [-0.3, -0.25) is 9.78 Å². The van der Waals surface area contributed by atoms with E-state index in [1.165, 1.54) is 0 Å². The van der Waals surface area contributed by atoms with Crippen molar-refractivity contribution in [1.29, 1.82) is 0 Å². The van der Waals surface area contributed by atoms with Crippen LogP contribution in [0.1, 0.15) is 16.3 Å². The molecule has 1 amide bonds. The van der Waals surface area contributed by atoms with Gasteiger partial charge in [-0.1, -0.05) is 11.6 Å². The van der Waals surface area contributed by atoms with Crippen molar-refractivity contribution < 1.29 is 4.79 Å². The summed E-state index contributed by atoms with van der Waals surface area (Å²) in [5.41, 5.74) is 1.78. The fourth-order valence-corrected chi connectivity index (χ4v) is 1.75. The highest BCUT2D eigenvalue weighted by Gasteiger charge is 2.08. The summed E-state index contributed by atoms with van der Waals surface area (Å²) < 4.78 is 0. The summed E-state index contributed by atoms with van der Waals surface area (Å²) in [5, 5.41) is 2.89. The molecule has 2 aromatic heterocycles. The van der Waals surface area contributed by atoms with Crippen LogP contribution in [0.4, 0.5) is 0 Å². The molecule has 0 radical (unpaired) electrons. The van der Waals surface area contributed by atoms with Gasteiger partial charge in [0, 0.05) is 24.9 Å². The van der Waals surface area contributed by atoms with Gasteiger partial charge in [0.05, 0.1) is 5.69 Å². The maximum atomic E-state index is 11.5. The number of aromatic nitrogens is 3. The molecule has 0 saturated carbocycles. The largest absolute Gasteiger partial charge is 0.354 e. The lowest BCUT2D eigenvalue weighted by Gasteiger charge is -2.04. The number of aryl methyl sites for hydroxylation is 1. The van der Waals surface area contributed by atoms with Gasteiger partial charge in [-0.25, -0.2) is 9.97 Å². The zero-order chi connectivity index (χ0) is 13.1. The Kier molecular flexibility index (Phi) is 3.53. The van der Waals surface area contributed by atoms with Gasteiger partial charge >= 0.3 is 0 Å². The second kappa shape index (κ2) is 5.10. The second-order valence-electron chi connectivity index (χ2n) is 3.63. The molecule has 1 N–H and O–H groups in total. The summed E-state index contributed by atoms with van der Waals surface area (Å²) in [7, 11) is 1.56. The summed E-state index contributed by atoms with van der Waals surface area (Å²) in [6, 6.07) is 5.08. The van der Waals surface area contributed by atoms with Crippen LogP contribution in [-0.2, 0) is 0 Å². The van der Waals surface area contributed by atoms with Gasteiger partial charge in [-0.2, -0.15) is 0 Å². The lowest BCUT2D eigenvalue weighted by atomic mass is 10.1. The van der Waals surface area contributed by atoms with Crippen molar-refractivity contribution in [1.82, 2.24) is 20.3 Å². The van der Waals surface area contributed by atoms with E-state index in [0.717, 1.165) is 5.56 Å². The first-order valence-corrected chi connectivity index (χ1v) is 5.67. The zero-order valence-electron chi connectivity index (χ0n) is 9.94. The number of hydrogen-bond donors (Lipinski definition) is 1. The Morgan fingerprint density at radius 1 is 1.33 bits per heavy atom. The number of nitrogens with zero attached hydrogens (tertiary/aromatic N) is 3. The van der Waals surface area contributed by atoms with Crippen LogP contribution in [0.2, 0.25) is 5.15 Å². The summed E-state index contributed by atoms with van der Waals surface area (Å²) in [4.78, 5) is 23.8. The van der Waals surface area contributed by atoms with Gasteiger partial charge in [-0.05, 0) is 19.1 Å². The van der Waals surface area contributed by atoms with Crippen molar-refractivity contribution >= 4 is 17.5 Å². The highest BCUT2D eigenvalue weighted by molar-refractivity contribution is 6.29. The molecule has 18 heavy (non-hydrogen) atoms. The molecule has 0 saturated heterocycles. The number of carbonyl (C=O) groups is 1. The Morgan fingerprint density at radius 3 is 2.78 bits per heavy atom. The number of hydrogen-bond acceptors (Lipinski definition) is 4. The van der Waals surface area contributed by atoms with Gasteiger partial charge in [0.1, 0.15) is 16.7 Å². The van der Waals surface area contributed by atoms with E-state index in [-0.39, 0.29) is 5.91 Å². The fraction of sp³-hybridized carbons (Fsp3) is 0.167. The van der Waals surface area contributed by atoms with Crippen molar-refractivity contribution in [3.05, 3.63) is 41.1 Å². The van der Waals surface area contributed by atoms with E-state index in [9.17, 15) is 4.79 Å². The maximum absolute atomic E-state index is 11.5. The van der Waals surface area contributed by atoms with Crippen LogP contribution in [0, 0.1) is 6.92 Å². The first-order chi connectivity index (χ1) is 8.60. The third-order valence-electron chi connectivity index (χ3n) is 2.32. The van der Waals surface area contributed by atoms with E-state index in [2.05, 4.69) is 20.3 Å². The van der Waals surface area contributed by atoms with Crippen LogP contribution in [0.15, 0.2) is 24.4 Å². The monoisotopic (exact) mass is 262 g/mol. The third-order valence-corrected chi connectivity index (χ3v) is 2.52. The van der Waals surface area contributed by atoms with E-state index in [4.69, 9.17) is 11.6 Å². The number of pyridine rings is 1. The molecule has 0 atom stereocenters. The van der Waals surface area contributed by atoms with Crippen LogP contribution in [0.25, 0.3) is 11.3 Å². The van der Waals surface area contributed by atoms with Gasteiger partial charge in [-0.15, -0.1) is 0 Å². The summed E-state index contributed by atoms with van der Waals surface area (Å²) in [6.45, 7) is 1.76. The first kappa shape index (κ1) is 12.4. The van der Waals surface area contributed by atoms with Crippen molar-refractivity contribution in [2.24, 2.45) is 0 Å². The topological polar surface area (TPSA) is 67.8 Å². The fourth-order valence-electron chi connectivity index (χ4n) is 1.52. The molecule has 0 aliphatic rings. The van der Waals surface area contributed by atoms with E-state index < -0.39 is 0 Å². The number of halogens is 1. The molecule has 0 fully saturated rings. The SMILES string of the molecule is CNC(=O)c1cc(-c2cc(Cl)nc(C)n2)ccn1. The highest BCUT2D eigenvalue weighted by Crippen LogP contribution is 2.20. The number of nitrogens with one attached hydrogen (secondary N) is 1. The van der Waals surface area contributed by atoms with Gasteiger partial charge in [0.15, 0.2) is 0 Å². The summed E-state index contributed by atoms with van der Waals surface area (Å²) >= 11 is 5.88. The van der Waals surface area contributed by atoms with Gasteiger partial charge in [0.25, 0.3) is 5.91 Å². The summed E-state index contributed by atoms with van der Waals surface area (Å²) in [5.74, 6) is 0.338. The molecule has 0 aromatic carbocycles. The Balaban J connectivity index is 2.47. The van der Waals surface area contributed by atoms with E-state index >= 15 is 0 Å². The highest BCUT2D eigenvalue weighted by atomic mass is 35.5. The molecule has 2 heterocycles. The lowest BCUT2D eigenvalue weighted by molar-refractivity contribution is 0.0958. The average molecular weight is 263 g/mol. The second-order valence-corrected chi connectivity index (χ2v) is 4.02. The predicted molar refractivity (Wildman–Crippen MR) is 68.4 cm³/mol. The Morgan fingerprint density at radius 2 is 2.11 bits per heavy atom. The Labute approximate surface area is 109 Å². The molecule has 0 spiro atoms. The Hall–Kier alpha value is -2.01. The minimum Gasteiger partial charge on any atom is -0.354 e. The molecule has 5 nitrogen and oxygen atoms in total. The van der Waals surface area contributed by atoms with Crippen molar-refractivity contribution in [3.8, 4) is 11.3 Å². The maximum Gasteiger partial charge on any atom is 0.269 e. The normalized spacial score (nSPS) is 10.2. The molecule has 0 unspecified atom stereocenters. The Bertz CT molecular complexity index is 580. The minimum absolute atomic E-state index is 0.242. The molecule has 0 aliphatic carbocycles. The van der Waals surface area contributed by atoms with Crippen molar-refractivity contribution in [3.63, 3.8) is 0 Å². The molecular formula is C12H11ClN4O. The van der Waals surface area contributed by atoms with E-state index in [0.29, 0.717) is 22.4 Å². The standard InChI is InChI=1S/C12H11ClN4O/c1-7-16-9(6-11(13)17-7)8-3-4-15-10(5-8)12(18)14-2/h3-6H,1-2H3,(H,14,18). The molecule has 2 aromatic rings. The van der Waals surface area contributed by atoms with Crippen molar-refractivity contribution in [2.75, 3.05) is 7.05 Å². The molecular weight excluding hydrogens is 252 g/mol. The van der Waals surface area contributed by atoms with Gasteiger partial charge < -0.3 is 5.32 Å².